The monoisotopic (exact) mass is 421 g/mol. The fraction of sp³-hybridized carbons (Fsp3) is 0.478. The lowest BCUT2D eigenvalue weighted by molar-refractivity contribution is -0.00627. The molecule has 4 heterocycles. The zero-order valence-electron chi connectivity index (χ0n) is 18.2. The van der Waals surface area contributed by atoms with Crippen LogP contribution in [0.25, 0.3) is 10.9 Å². The smallest absolute Gasteiger partial charge is 0.253 e. The number of nitrogens with one attached hydrogen (secondary N) is 1. The number of carbonyl (C=O) groups is 2. The van der Waals surface area contributed by atoms with Crippen LogP contribution >= 0.6 is 0 Å². The second kappa shape index (κ2) is 7.21. The number of hydrogen-bond donors (Lipinski definition) is 1. The van der Waals surface area contributed by atoms with Crippen LogP contribution in [0.15, 0.2) is 18.2 Å². The highest BCUT2D eigenvalue weighted by Crippen LogP contribution is 2.41. The van der Waals surface area contributed by atoms with Crippen LogP contribution in [0.3, 0.4) is 0 Å². The molecule has 2 aromatic heterocycles. The summed E-state index contributed by atoms with van der Waals surface area (Å²) in [6.45, 7) is 7.83. The van der Waals surface area contributed by atoms with Crippen molar-refractivity contribution in [2.24, 2.45) is 0 Å². The van der Waals surface area contributed by atoms with E-state index in [1.807, 2.05) is 41.6 Å². The van der Waals surface area contributed by atoms with Gasteiger partial charge in [0.15, 0.2) is 17.2 Å². The molecule has 31 heavy (non-hydrogen) atoms. The quantitative estimate of drug-likeness (QED) is 0.700. The Bertz CT molecular complexity index is 1180. The van der Waals surface area contributed by atoms with Crippen LogP contribution in [-0.2, 0) is 13.0 Å². The number of aromatic nitrogens is 4. The molecule has 0 saturated carbocycles. The zero-order valence-corrected chi connectivity index (χ0v) is 18.2. The molecular formula is C23H27N5O3. The number of hydrogen-bond acceptors (Lipinski definition) is 5. The lowest BCUT2D eigenvalue weighted by Gasteiger charge is -2.43. The van der Waals surface area contributed by atoms with E-state index in [1.165, 1.54) is 0 Å². The van der Waals surface area contributed by atoms with Gasteiger partial charge in [-0.25, -0.2) is 0 Å². The van der Waals surface area contributed by atoms with Gasteiger partial charge in [-0.3, -0.25) is 19.4 Å². The third-order valence-corrected chi connectivity index (χ3v) is 6.71. The Morgan fingerprint density at radius 3 is 2.74 bits per heavy atom. The minimum absolute atomic E-state index is 0.0119. The molecule has 162 valence electrons. The van der Waals surface area contributed by atoms with Crippen LogP contribution in [0.4, 0.5) is 0 Å². The molecule has 1 fully saturated rings. The Morgan fingerprint density at radius 1 is 1.26 bits per heavy atom. The summed E-state index contributed by atoms with van der Waals surface area (Å²) in [4.78, 5) is 27.8. The van der Waals surface area contributed by atoms with Crippen LogP contribution in [-0.4, -0.2) is 55.3 Å². The van der Waals surface area contributed by atoms with Gasteiger partial charge < -0.3 is 9.64 Å². The van der Waals surface area contributed by atoms with Gasteiger partial charge in [-0.1, -0.05) is 6.92 Å². The summed E-state index contributed by atoms with van der Waals surface area (Å²) in [7, 11) is 0. The van der Waals surface area contributed by atoms with Crippen molar-refractivity contribution in [3.8, 4) is 5.75 Å². The second-order valence-electron chi connectivity index (χ2n) is 8.54. The fourth-order valence-corrected chi connectivity index (χ4v) is 4.82. The molecule has 1 spiro atoms. The van der Waals surface area contributed by atoms with Gasteiger partial charge in [0.1, 0.15) is 5.60 Å². The van der Waals surface area contributed by atoms with Gasteiger partial charge in [-0.05, 0) is 38.5 Å². The zero-order chi connectivity index (χ0) is 21.8. The van der Waals surface area contributed by atoms with E-state index >= 15 is 0 Å². The molecule has 5 rings (SSSR count). The molecule has 0 atom stereocenters. The number of carbonyl (C=O) groups excluding carboxylic acids is 2. The summed E-state index contributed by atoms with van der Waals surface area (Å²) < 4.78 is 8.22. The number of aromatic amines is 1. The third-order valence-electron chi connectivity index (χ3n) is 6.71. The number of fused-ring (bicyclic) bond motifs is 2. The number of ketones is 1. The van der Waals surface area contributed by atoms with Crippen LogP contribution in [0.1, 0.15) is 65.3 Å². The summed E-state index contributed by atoms with van der Waals surface area (Å²) in [6, 6.07) is 5.66. The summed E-state index contributed by atoms with van der Waals surface area (Å²) in [5, 5.41) is 12.7. The maximum atomic E-state index is 13.2. The number of likely N-dealkylation sites (tertiary alicyclic amines) is 1. The number of aryl methyl sites for hydroxylation is 2. The Hall–Kier alpha value is -3.16. The van der Waals surface area contributed by atoms with Crippen LogP contribution in [0.5, 0.6) is 5.75 Å². The van der Waals surface area contributed by atoms with Crippen molar-refractivity contribution in [1.82, 2.24) is 24.9 Å². The average molecular weight is 422 g/mol. The number of ether oxygens (including phenoxy) is 1. The van der Waals surface area contributed by atoms with Crippen molar-refractivity contribution in [2.75, 3.05) is 13.1 Å². The molecule has 2 aliphatic heterocycles. The van der Waals surface area contributed by atoms with Gasteiger partial charge in [0.2, 0.25) is 0 Å². The molecule has 1 saturated heterocycles. The van der Waals surface area contributed by atoms with Gasteiger partial charge >= 0.3 is 0 Å². The topological polar surface area (TPSA) is 93.1 Å². The Balaban J connectivity index is 1.34. The normalized spacial score (nSPS) is 17.8. The van der Waals surface area contributed by atoms with E-state index in [0.29, 0.717) is 55.9 Å². The van der Waals surface area contributed by atoms with E-state index in [9.17, 15) is 9.59 Å². The lowest BCUT2D eigenvalue weighted by Crippen LogP contribution is -2.52. The van der Waals surface area contributed by atoms with E-state index in [1.54, 1.807) is 0 Å². The summed E-state index contributed by atoms with van der Waals surface area (Å²) in [5.41, 5.74) is 3.38. The molecule has 1 N–H and O–H groups in total. The van der Waals surface area contributed by atoms with Crippen molar-refractivity contribution < 1.29 is 14.3 Å². The minimum atomic E-state index is -0.545. The summed E-state index contributed by atoms with van der Waals surface area (Å²) >= 11 is 0. The van der Waals surface area contributed by atoms with Gasteiger partial charge in [0, 0.05) is 49.1 Å². The van der Waals surface area contributed by atoms with E-state index in [4.69, 9.17) is 4.74 Å². The summed E-state index contributed by atoms with van der Waals surface area (Å²) in [5.74, 6) is 0.669. The van der Waals surface area contributed by atoms with E-state index in [0.717, 1.165) is 28.7 Å². The Morgan fingerprint density at radius 2 is 2.03 bits per heavy atom. The largest absolute Gasteiger partial charge is 0.482 e. The maximum Gasteiger partial charge on any atom is 0.253 e. The van der Waals surface area contributed by atoms with Crippen molar-refractivity contribution in [3.63, 3.8) is 0 Å². The minimum Gasteiger partial charge on any atom is -0.482 e. The molecule has 8 heteroatoms. The second-order valence-corrected chi connectivity index (χ2v) is 8.54. The molecular weight excluding hydrogens is 394 g/mol. The molecule has 3 aromatic rings. The van der Waals surface area contributed by atoms with Crippen molar-refractivity contribution >= 4 is 22.6 Å². The molecule has 1 amide bonds. The maximum absolute atomic E-state index is 13.2. The molecule has 0 bridgehead atoms. The molecule has 0 unspecified atom stereocenters. The van der Waals surface area contributed by atoms with Crippen molar-refractivity contribution in [3.05, 3.63) is 40.8 Å². The molecule has 2 aliphatic rings. The van der Waals surface area contributed by atoms with Crippen molar-refractivity contribution in [1.29, 1.82) is 0 Å². The van der Waals surface area contributed by atoms with Gasteiger partial charge in [0.25, 0.3) is 5.91 Å². The first kappa shape index (κ1) is 19.8. The Labute approximate surface area is 180 Å². The van der Waals surface area contributed by atoms with E-state index < -0.39 is 5.60 Å². The van der Waals surface area contributed by atoms with Crippen LogP contribution in [0, 0.1) is 6.92 Å². The first-order valence-corrected chi connectivity index (χ1v) is 11.0. The highest BCUT2D eigenvalue weighted by molar-refractivity contribution is 6.00. The molecule has 0 aliphatic carbocycles. The highest BCUT2D eigenvalue weighted by Gasteiger charge is 2.45. The predicted molar refractivity (Wildman–Crippen MR) is 116 cm³/mol. The number of piperidine rings is 1. The van der Waals surface area contributed by atoms with E-state index in [-0.39, 0.29) is 11.7 Å². The lowest BCUT2D eigenvalue weighted by atomic mass is 9.83. The first-order valence-electron chi connectivity index (χ1n) is 11.0. The third kappa shape index (κ3) is 3.12. The van der Waals surface area contributed by atoms with E-state index in [2.05, 4.69) is 22.2 Å². The SMILES string of the molecule is CCc1[nH]nc2ccc(C(=O)N3CCC4(CC3)CC(=O)c3nn(CC)c(C)c3O4)cc12. The first-order chi connectivity index (χ1) is 14.9. The number of nitrogens with zero attached hydrogens (tertiary/aromatic N) is 4. The number of H-pyrrole nitrogens is 1. The van der Waals surface area contributed by atoms with Crippen molar-refractivity contribution in [2.45, 2.75) is 58.6 Å². The van der Waals surface area contributed by atoms with Crippen LogP contribution in [0.2, 0.25) is 0 Å². The van der Waals surface area contributed by atoms with Crippen LogP contribution < -0.4 is 4.74 Å². The highest BCUT2D eigenvalue weighted by atomic mass is 16.5. The number of Topliss-reactive ketones (excluding diaryl/α,β-unsaturated/α-hetero) is 1. The molecule has 1 aromatic carbocycles. The van der Waals surface area contributed by atoms with Gasteiger partial charge in [-0.15, -0.1) is 0 Å². The van der Waals surface area contributed by atoms with Gasteiger partial charge in [0.05, 0.1) is 17.6 Å². The Kier molecular flexibility index (Phi) is 4.60. The average Bonchev–Trinajstić information content (AvgIpc) is 3.34. The number of benzene rings is 1. The fourth-order valence-electron chi connectivity index (χ4n) is 4.82. The molecule has 8 nitrogen and oxygen atoms in total. The van der Waals surface area contributed by atoms with Gasteiger partial charge in [-0.2, -0.15) is 10.2 Å². The number of rotatable bonds is 3. The number of amides is 1. The predicted octanol–water partition coefficient (Wildman–Crippen LogP) is 3.29. The summed E-state index contributed by atoms with van der Waals surface area (Å²) in [6.07, 6.45) is 2.43. The molecule has 0 radical (unpaired) electrons. The standard InChI is InChI=1S/C23H27N5O3/c1-4-17-16-12-15(6-7-18(16)25-24-17)22(30)27-10-8-23(9-11-27)13-19(29)20-21(31-23)14(3)28(5-2)26-20/h6-7,12H,4-5,8-11,13H2,1-3H3,(H,24,25).